The first kappa shape index (κ1) is 15.9. The monoisotopic (exact) mass is 314 g/mol. The molecule has 23 heavy (non-hydrogen) atoms. The molecule has 0 bridgehead atoms. The quantitative estimate of drug-likeness (QED) is 0.789. The lowest BCUT2D eigenvalue weighted by Crippen LogP contribution is -2.28. The molecule has 1 aromatic carbocycles. The van der Waals surface area contributed by atoms with Gasteiger partial charge >= 0.3 is 0 Å². The predicted octanol–water partition coefficient (Wildman–Crippen LogP) is 5.01. The number of aromatic amines is 1. The van der Waals surface area contributed by atoms with Crippen molar-refractivity contribution in [3.05, 3.63) is 41.8 Å². The molecule has 0 spiro atoms. The number of ketones is 1. The molecule has 0 amide bonds. The van der Waals surface area contributed by atoms with Crippen LogP contribution in [0.2, 0.25) is 0 Å². The van der Waals surface area contributed by atoms with Crippen molar-refractivity contribution in [3.8, 4) is 11.3 Å². The van der Waals surface area contributed by atoms with Gasteiger partial charge in [0.1, 0.15) is 5.82 Å². The number of Topliss-reactive ketones (excluding diaryl/α,β-unsaturated/α-hetero) is 1. The maximum Gasteiger partial charge on any atom is 0.169 e. The minimum atomic E-state index is -0.428. The highest BCUT2D eigenvalue weighted by Gasteiger charge is 2.32. The smallest absolute Gasteiger partial charge is 0.169 e. The largest absolute Gasteiger partial charge is 0.294 e. The fourth-order valence-corrected chi connectivity index (χ4v) is 3.77. The Bertz CT molecular complexity index is 664. The van der Waals surface area contributed by atoms with Crippen LogP contribution >= 0.6 is 0 Å². The van der Waals surface area contributed by atoms with Gasteiger partial charge in [-0.3, -0.25) is 9.89 Å². The number of halogens is 1. The van der Waals surface area contributed by atoms with Gasteiger partial charge in [-0.15, -0.1) is 0 Å². The zero-order valence-electron chi connectivity index (χ0n) is 13.5. The van der Waals surface area contributed by atoms with Crippen LogP contribution in [-0.4, -0.2) is 16.0 Å². The molecule has 2 unspecified atom stereocenters. The van der Waals surface area contributed by atoms with Crippen LogP contribution in [0.5, 0.6) is 0 Å². The number of hydrogen-bond donors (Lipinski definition) is 1. The third-order valence-corrected chi connectivity index (χ3v) is 4.95. The molecule has 0 saturated heterocycles. The van der Waals surface area contributed by atoms with E-state index in [1.54, 1.807) is 24.4 Å². The van der Waals surface area contributed by atoms with Crippen molar-refractivity contribution in [2.24, 2.45) is 11.8 Å². The van der Waals surface area contributed by atoms with Crippen LogP contribution in [0.25, 0.3) is 11.3 Å². The number of nitrogens with zero attached hydrogens (tertiary/aromatic N) is 1. The van der Waals surface area contributed by atoms with E-state index in [1.165, 1.54) is 12.5 Å². The summed E-state index contributed by atoms with van der Waals surface area (Å²) in [5.41, 5.74) is 1.70. The molecule has 0 radical (unpaired) electrons. The van der Waals surface area contributed by atoms with Crippen molar-refractivity contribution in [2.75, 3.05) is 0 Å². The van der Waals surface area contributed by atoms with E-state index in [1.807, 2.05) is 0 Å². The molecular weight excluding hydrogens is 291 g/mol. The Kier molecular flexibility index (Phi) is 4.89. The second-order valence-corrected chi connectivity index (χ2v) is 6.47. The minimum absolute atomic E-state index is 0.0168. The third-order valence-electron chi connectivity index (χ3n) is 4.95. The van der Waals surface area contributed by atoms with E-state index < -0.39 is 5.82 Å². The standard InChI is InChI=1S/C19H23FN2O/c1-2-5-13-6-3-4-7-15(13)19(23)16-9-8-14(12-17(16)20)18-10-11-21-22-18/h8-13,15H,2-7H2,1H3,(H,21,22). The first-order valence-corrected chi connectivity index (χ1v) is 8.54. The van der Waals surface area contributed by atoms with E-state index in [-0.39, 0.29) is 17.3 Å². The molecule has 3 nitrogen and oxygen atoms in total. The summed E-state index contributed by atoms with van der Waals surface area (Å²) in [6.07, 6.45) is 8.02. The molecule has 2 atom stereocenters. The second kappa shape index (κ2) is 7.07. The van der Waals surface area contributed by atoms with E-state index in [4.69, 9.17) is 0 Å². The molecule has 1 saturated carbocycles. The Balaban J connectivity index is 1.84. The van der Waals surface area contributed by atoms with Crippen LogP contribution < -0.4 is 0 Å². The molecule has 4 heteroatoms. The first-order valence-electron chi connectivity index (χ1n) is 8.54. The molecular formula is C19H23FN2O. The Labute approximate surface area is 136 Å². The summed E-state index contributed by atoms with van der Waals surface area (Å²) in [5.74, 6) is -0.0520. The number of rotatable bonds is 5. The predicted molar refractivity (Wildman–Crippen MR) is 88.7 cm³/mol. The van der Waals surface area contributed by atoms with Gasteiger partial charge in [0.25, 0.3) is 0 Å². The van der Waals surface area contributed by atoms with Gasteiger partial charge in [-0.05, 0) is 37.0 Å². The molecule has 1 heterocycles. The molecule has 1 fully saturated rings. The summed E-state index contributed by atoms with van der Waals surface area (Å²) in [6, 6.07) is 6.64. The van der Waals surface area contributed by atoms with E-state index in [0.717, 1.165) is 37.8 Å². The van der Waals surface area contributed by atoms with Gasteiger partial charge in [-0.2, -0.15) is 5.10 Å². The van der Waals surface area contributed by atoms with E-state index >= 15 is 0 Å². The van der Waals surface area contributed by atoms with E-state index in [9.17, 15) is 9.18 Å². The maximum atomic E-state index is 14.5. The number of aromatic nitrogens is 2. The van der Waals surface area contributed by atoms with E-state index in [0.29, 0.717) is 11.5 Å². The van der Waals surface area contributed by atoms with Crippen LogP contribution in [0.15, 0.2) is 30.5 Å². The van der Waals surface area contributed by atoms with Crippen molar-refractivity contribution >= 4 is 5.78 Å². The highest BCUT2D eigenvalue weighted by molar-refractivity contribution is 5.98. The Morgan fingerprint density at radius 1 is 1.30 bits per heavy atom. The molecule has 3 rings (SSSR count). The number of hydrogen-bond acceptors (Lipinski definition) is 2. The van der Waals surface area contributed by atoms with Gasteiger partial charge in [-0.25, -0.2) is 4.39 Å². The summed E-state index contributed by atoms with van der Waals surface area (Å²) in [7, 11) is 0. The van der Waals surface area contributed by atoms with Crippen molar-refractivity contribution in [1.29, 1.82) is 0 Å². The van der Waals surface area contributed by atoms with Crippen molar-refractivity contribution in [1.82, 2.24) is 10.2 Å². The minimum Gasteiger partial charge on any atom is -0.294 e. The van der Waals surface area contributed by atoms with Gasteiger partial charge in [0.15, 0.2) is 5.78 Å². The average molecular weight is 314 g/mol. The topological polar surface area (TPSA) is 45.8 Å². The molecule has 0 aliphatic heterocycles. The maximum absolute atomic E-state index is 14.5. The van der Waals surface area contributed by atoms with Gasteiger partial charge in [0, 0.05) is 17.7 Å². The molecule has 1 N–H and O–H groups in total. The summed E-state index contributed by atoms with van der Waals surface area (Å²) >= 11 is 0. The lowest BCUT2D eigenvalue weighted by Gasteiger charge is -2.30. The normalized spacial score (nSPS) is 21.3. The van der Waals surface area contributed by atoms with Crippen molar-refractivity contribution in [2.45, 2.75) is 45.4 Å². The van der Waals surface area contributed by atoms with Gasteiger partial charge in [0.05, 0.1) is 11.3 Å². The van der Waals surface area contributed by atoms with Crippen LogP contribution in [0.1, 0.15) is 55.8 Å². The number of carbonyl (C=O) groups excluding carboxylic acids is 1. The third kappa shape index (κ3) is 3.36. The Hall–Kier alpha value is -1.97. The zero-order valence-corrected chi connectivity index (χ0v) is 13.5. The molecule has 2 aromatic rings. The number of H-pyrrole nitrogens is 1. The fourth-order valence-electron chi connectivity index (χ4n) is 3.77. The lowest BCUT2D eigenvalue weighted by molar-refractivity contribution is 0.0811. The summed E-state index contributed by atoms with van der Waals surface area (Å²) in [4.78, 5) is 12.8. The zero-order chi connectivity index (χ0) is 16.2. The van der Waals surface area contributed by atoms with Crippen molar-refractivity contribution < 1.29 is 9.18 Å². The number of nitrogens with one attached hydrogen (secondary N) is 1. The SMILES string of the molecule is CCCC1CCCCC1C(=O)c1ccc(-c2ccn[nH]2)cc1F. The van der Waals surface area contributed by atoms with Crippen LogP contribution in [0, 0.1) is 17.7 Å². The molecule has 1 aromatic heterocycles. The summed E-state index contributed by atoms with van der Waals surface area (Å²) in [5, 5.41) is 6.69. The van der Waals surface area contributed by atoms with Gasteiger partial charge in [0.2, 0.25) is 0 Å². The highest BCUT2D eigenvalue weighted by Crippen LogP contribution is 2.36. The fraction of sp³-hybridized carbons (Fsp3) is 0.474. The van der Waals surface area contributed by atoms with Gasteiger partial charge < -0.3 is 0 Å². The van der Waals surface area contributed by atoms with Crippen LogP contribution in [0.3, 0.4) is 0 Å². The average Bonchev–Trinajstić information content (AvgIpc) is 3.09. The highest BCUT2D eigenvalue weighted by atomic mass is 19.1. The van der Waals surface area contributed by atoms with Gasteiger partial charge in [-0.1, -0.05) is 38.7 Å². The van der Waals surface area contributed by atoms with Crippen molar-refractivity contribution in [3.63, 3.8) is 0 Å². The first-order chi connectivity index (χ1) is 11.2. The van der Waals surface area contributed by atoms with E-state index in [2.05, 4.69) is 17.1 Å². The van der Waals surface area contributed by atoms with Crippen LogP contribution in [-0.2, 0) is 0 Å². The Morgan fingerprint density at radius 3 is 2.83 bits per heavy atom. The molecule has 1 aliphatic rings. The summed E-state index contributed by atoms with van der Waals surface area (Å²) in [6.45, 7) is 2.15. The number of carbonyl (C=O) groups is 1. The summed E-state index contributed by atoms with van der Waals surface area (Å²) < 4.78 is 14.5. The molecule has 1 aliphatic carbocycles. The Morgan fingerprint density at radius 2 is 2.13 bits per heavy atom. The van der Waals surface area contributed by atoms with Crippen LogP contribution in [0.4, 0.5) is 4.39 Å². The number of benzene rings is 1. The second-order valence-electron chi connectivity index (χ2n) is 6.47. The lowest BCUT2D eigenvalue weighted by atomic mass is 9.73. The molecule has 122 valence electrons.